The molecule has 1 fully saturated rings. The van der Waals surface area contributed by atoms with Gasteiger partial charge in [0, 0.05) is 12.6 Å². The molecular weight excluding hydrogens is 310 g/mol. The fourth-order valence-electron chi connectivity index (χ4n) is 3.17. The molecule has 0 N–H and O–H groups in total. The molecule has 116 valence electrons. The van der Waals surface area contributed by atoms with E-state index in [-0.39, 0.29) is 23.1 Å². The predicted octanol–water partition coefficient (Wildman–Crippen LogP) is 3.83. The van der Waals surface area contributed by atoms with E-state index < -0.39 is 0 Å². The Hall–Kier alpha value is -2.40. The lowest BCUT2D eigenvalue weighted by molar-refractivity contribution is 0.0704. The summed E-state index contributed by atoms with van der Waals surface area (Å²) >= 11 is 1.63. The molecular formula is C18H15NO3S. The van der Waals surface area contributed by atoms with Gasteiger partial charge >= 0.3 is 0 Å². The normalized spacial score (nSPS) is 17.7. The van der Waals surface area contributed by atoms with Crippen LogP contribution in [0.15, 0.2) is 56.4 Å². The standard InChI is InChI=1S/C18H15NO3S/c20-15-10-17(22-16-6-2-1-4-13(15)16)18(21)19-8-3-5-14(19)12-7-9-23-11-12/h1-2,4,6-7,9-11,14H,3,5,8H2. The van der Waals surface area contributed by atoms with Crippen molar-refractivity contribution in [3.8, 4) is 0 Å². The third-order valence-electron chi connectivity index (χ3n) is 4.29. The van der Waals surface area contributed by atoms with Crippen LogP contribution in [-0.4, -0.2) is 17.4 Å². The predicted molar refractivity (Wildman–Crippen MR) is 89.8 cm³/mol. The fraction of sp³-hybridized carbons (Fsp3) is 0.222. The maximum atomic E-state index is 12.8. The minimum absolute atomic E-state index is 0.0746. The maximum Gasteiger partial charge on any atom is 0.290 e. The lowest BCUT2D eigenvalue weighted by Crippen LogP contribution is -2.31. The van der Waals surface area contributed by atoms with Crippen LogP contribution < -0.4 is 5.43 Å². The van der Waals surface area contributed by atoms with E-state index >= 15 is 0 Å². The van der Waals surface area contributed by atoms with Gasteiger partial charge in [0.15, 0.2) is 11.2 Å². The van der Waals surface area contributed by atoms with Crippen molar-refractivity contribution >= 4 is 28.2 Å². The maximum absolute atomic E-state index is 12.8. The lowest BCUT2D eigenvalue weighted by Gasteiger charge is -2.23. The molecule has 0 radical (unpaired) electrons. The smallest absolute Gasteiger partial charge is 0.290 e. The number of rotatable bonds is 2. The van der Waals surface area contributed by atoms with Crippen molar-refractivity contribution in [1.29, 1.82) is 0 Å². The number of fused-ring (bicyclic) bond motifs is 1. The molecule has 23 heavy (non-hydrogen) atoms. The first-order chi connectivity index (χ1) is 11.2. The highest BCUT2D eigenvalue weighted by atomic mass is 32.1. The molecule has 1 aliphatic rings. The Kier molecular flexibility index (Phi) is 3.50. The Bertz CT molecular complexity index is 913. The molecule has 1 unspecified atom stereocenters. The Morgan fingerprint density at radius 3 is 2.96 bits per heavy atom. The average molecular weight is 325 g/mol. The number of carbonyl (C=O) groups excluding carboxylic acids is 1. The van der Waals surface area contributed by atoms with Crippen LogP contribution in [0, 0.1) is 0 Å². The van der Waals surface area contributed by atoms with Gasteiger partial charge in [0.1, 0.15) is 5.58 Å². The molecule has 5 heteroatoms. The van der Waals surface area contributed by atoms with Gasteiger partial charge in [-0.15, -0.1) is 0 Å². The number of carbonyl (C=O) groups is 1. The van der Waals surface area contributed by atoms with E-state index in [4.69, 9.17) is 4.42 Å². The van der Waals surface area contributed by atoms with E-state index in [0.29, 0.717) is 17.5 Å². The number of hydrogen-bond donors (Lipinski definition) is 0. The molecule has 3 aromatic rings. The zero-order valence-electron chi connectivity index (χ0n) is 12.4. The van der Waals surface area contributed by atoms with Gasteiger partial charge in [-0.05, 0) is 47.4 Å². The van der Waals surface area contributed by atoms with Gasteiger partial charge in [-0.2, -0.15) is 11.3 Å². The summed E-state index contributed by atoms with van der Waals surface area (Å²) < 4.78 is 5.69. The van der Waals surface area contributed by atoms with Crippen molar-refractivity contribution in [2.75, 3.05) is 6.54 Å². The van der Waals surface area contributed by atoms with Crippen molar-refractivity contribution in [2.45, 2.75) is 18.9 Å². The average Bonchev–Trinajstić information content (AvgIpc) is 3.25. The summed E-state index contributed by atoms with van der Waals surface area (Å²) in [6.07, 6.45) is 1.91. The molecule has 1 amide bonds. The molecule has 4 rings (SSSR count). The molecule has 4 nitrogen and oxygen atoms in total. The van der Waals surface area contributed by atoms with Crippen LogP contribution >= 0.6 is 11.3 Å². The van der Waals surface area contributed by atoms with Crippen LogP contribution in [-0.2, 0) is 0 Å². The van der Waals surface area contributed by atoms with Gasteiger partial charge in [0.25, 0.3) is 5.91 Å². The van der Waals surface area contributed by atoms with Gasteiger partial charge in [-0.25, -0.2) is 0 Å². The highest BCUT2D eigenvalue weighted by Gasteiger charge is 2.32. The summed E-state index contributed by atoms with van der Waals surface area (Å²) in [6, 6.07) is 10.4. The van der Waals surface area contributed by atoms with Crippen LogP contribution in [0.5, 0.6) is 0 Å². The molecule has 1 aromatic carbocycles. The number of para-hydroxylation sites is 1. The van der Waals surface area contributed by atoms with Gasteiger partial charge in [0.05, 0.1) is 11.4 Å². The Balaban J connectivity index is 1.73. The summed E-state index contributed by atoms with van der Waals surface area (Å²) in [7, 11) is 0. The topological polar surface area (TPSA) is 50.5 Å². The third-order valence-corrected chi connectivity index (χ3v) is 4.99. The fourth-order valence-corrected chi connectivity index (χ4v) is 3.88. The highest BCUT2D eigenvalue weighted by molar-refractivity contribution is 7.08. The first-order valence-corrected chi connectivity index (χ1v) is 8.54. The number of likely N-dealkylation sites (tertiary alicyclic amines) is 1. The van der Waals surface area contributed by atoms with Crippen LogP contribution in [0.2, 0.25) is 0 Å². The molecule has 0 saturated carbocycles. The van der Waals surface area contributed by atoms with Gasteiger partial charge in [0.2, 0.25) is 0 Å². The summed E-state index contributed by atoms with van der Waals surface area (Å²) in [4.78, 5) is 26.9. The number of nitrogens with zero attached hydrogens (tertiary/aromatic N) is 1. The second-order valence-corrected chi connectivity index (χ2v) is 6.46. The molecule has 1 atom stereocenters. The third kappa shape index (κ3) is 2.47. The van der Waals surface area contributed by atoms with Crippen LogP contribution in [0.25, 0.3) is 11.0 Å². The van der Waals surface area contributed by atoms with Crippen molar-refractivity contribution < 1.29 is 9.21 Å². The number of benzene rings is 1. The van der Waals surface area contributed by atoms with Crippen molar-refractivity contribution in [3.63, 3.8) is 0 Å². The monoisotopic (exact) mass is 325 g/mol. The second-order valence-electron chi connectivity index (χ2n) is 5.68. The van der Waals surface area contributed by atoms with Crippen molar-refractivity contribution in [2.24, 2.45) is 0 Å². The zero-order chi connectivity index (χ0) is 15.8. The first-order valence-electron chi connectivity index (χ1n) is 7.60. The van der Waals surface area contributed by atoms with E-state index in [2.05, 4.69) is 11.4 Å². The largest absolute Gasteiger partial charge is 0.451 e. The molecule has 3 heterocycles. The minimum atomic E-state index is -0.207. The summed E-state index contributed by atoms with van der Waals surface area (Å²) in [6.45, 7) is 0.690. The highest BCUT2D eigenvalue weighted by Crippen LogP contribution is 2.34. The zero-order valence-corrected chi connectivity index (χ0v) is 13.2. The van der Waals surface area contributed by atoms with Gasteiger partial charge in [-0.3, -0.25) is 9.59 Å². The Labute approximate surface area is 137 Å². The van der Waals surface area contributed by atoms with E-state index in [1.807, 2.05) is 10.3 Å². The van der Waals surface area contributed by atoms with E-state index in [1.54, 1.807) is 35.6 Å². The molecule has 0 aliphatic carbocycles. The number of amides is 1. The van der Waals surface area contributed by atoms with Crippen LogP contribution in [0.1, 0.15) is 35.0 Å². The molecule has 0 spiro atoms. The molecule has 1 saturated heterocycles. The first kappa shape index (κ1) is 14.2. The number of hydrogen-bond acceptors (Lipinski definition) is 4. The Morgan fingerprint density at radius 1 is 1.26 bits per heavy atom. The minimum Gasteiger partial charge on any atom is -0.451 e. The molecule has 1 aliphatic heterocycles. The van der Waals surface area contributed by atoms with Crippen molar-refractivity contribution in [1.82, 2.24) is 4.90 Å². The summed E-state index contributed by atoms with van der Waals surface area (Å²) in [5.41, 5.74) is 1.43. The van der Waals surface area contributed by atoms with Gasteiger partial charge in [-0.1, -0.05) is 12.1 Å². The molecule has 0 bridgehead atoms. The van der Waals surface area contributed by atoms with E-state index in [0.717, 1.165) is 18.4 Å². The van der Waals surface area contributed by atoms with E-state index in [1.165, 1.54) is 6.07 Å². The Morgan fingerprint density at radius 2 is 2.13 bits per heavy atom. The number of thiophene rings is 1. The van der Waals surface area contributed by atoms with Gasteiger partial charge < -0.3 is 9.32 Å². The van der Waals surface area contributed by atoms with Crippen LogP contribution in [0.3, 0.4) is 0 Å². The summed E-state index contributed by atoms with van der Waals surface area (Å²) in [5, 5.41) is 4.60. The summed E-state index contributed by atoms with van der Waals surface area (Å²) in [5.74, 6) is -0.0858. The quantitative estimate of drug-likeness (QED) is 0.719. The molecule has 2 aromatic heterocycles. The van der Waals surface area contributed by atoms with Crippen molar-refractivity contribution in [3.05, 3.63) is 68.7 Å². The lowest BCUT2D eigenvalue weighted by atomic mass is 10.1. The van der Waals surface area contributed by atoms with E-state index in [9.17, 15) is 9.59 Å². The second kappa shape index (κ2) is 5.66. The SMILES string of the molecule is O=C(c1cc(=O)c2ccccc2o1)N1CCCC1c1ccsc1. The van der Waals surface area contributed by atoms with Crippen LogP contribution in [0.4, 0.5) is 0 Å².